The van der Waals surface area contributed by atoms with Gasteiger partial charge in [0.1, 0.15) is 5.84 Å². The van der Waals surface area contributed by atoms with Gasteiger partial charge in [0.2, 0.25) is 0 Å². The SMILES string of the molecule is N/C(CCN(CCCC(F)(F)F)c1ccccc1)=N/O. The molecule has 0 heterocycles. The van der Waals surface area contributed by atoms with Gasteiger partial charge in [-0.25, -0.2) is 0 Å². The van der Waals surface area contributed by atoms with Crippen molar-refractivity contribution in [3.8, 4) is 0 Å². The zero-order valence-corrected chi connectivity index (χ0v) is 11.0. The number of anilines is 1. The average Bonchev–Trinajstić information content (AvgIpc) is 2.42. The molecule has 0 unspecified atom stereocenters. The third-order valence-electron chi connectivity index (χ3n) is 2.78. The fourth-order valence-corrected chi connectivity index (χ4v) is 1.78. The molecule has 0 aliphatic rings. The molecule has 7 heteroatoms. The quantitative estimate of drug-likeness (QED) is 0.351. The van der Waals surface area contributed by atoms with Gasteiger partial charge in [0.15, 0.2) is 0 Å². The van der Waals surface area contributed by atoms with Crippen LogP contribution in [0.15, 0.2) is 35.5 Å². The highest BCUT2D eigenvalue weighted by molar-refractivity contribution is 5.80. The lowest BCUT2D eigenvalue weighted by atomic mass is 10.2. The number of para-hydroxylation sites is 1. The number of oxime groups is 1. The number of rotatable bonds is 7. The number of amidine groups is 1. The topological polar surface area (TPSA) is 61.8 Å². The van der Waals surface area contributed by atoms with E-state index in [0.29, 0.717) is 6.54 Å². The van der Waals surface area contributed by atoms with Gasteiger partial charge in [0, 0.05) is 31.6 Å². The molecule has 112 valence electrons. The fraction of sp³-hybridized carbons (Fsp3) is 0.462. The van der Waals surface area contributed by atoms with E-state index in [9.17, 15) is 13.2 Å². The Morgan fingerprint density at radius 2 is 1.85 bits per heavy atom. The van der Waals surface area contributed by atoms with E-state index in [4.69, 9.17) is 10.9 Å². The van der Waals surface area contributed by atoms with Crippen LogP contribution in [0.5, 0.6) is 0 Å². The minimum Gasteiger partial charge on any atom is -0.409 e. The molecular formula is C13H18F3N3O. The lowest BCUT2D eigenvalue weighted by molar-refractivity contribution is -0.135. The summed E-state index contributed by atoms with van der Waals surface area (Å²) in [4.78, 5) is 1.80. The summed E-state index contributed by atoms with van der Waals surface area (Å²) in [5, 5.41) is 11.4. The molecule has 4 nitrogen and oxygen atoms in total. The standard InChI is InChI=1S/C13H18F3N3O/c14-13(15,16)8-4-9-19(10-7-12(17)18-20)11-5-2-1-3-6-11/h1-3,5-6,20H,4,7-10H2,(H2,17,18). The number of nitrogens with zero attached hydrogens (tertiary/aromatic N) is 2. The van der Waals surface area contributed by atoms with E-state index in [1.165, 1.54) is 0 Å². The van der Waals surface area contributed by atoms with Crippen molar-refractivity contribution in [2.24, 2.45) is 10.9 Å². The summed E-state index contributed by atoms with van der Waals surface area (Å²) >= 11 is 0. The molecule has 0 radical (unpaired) electrons. The summed E-state index contributed by atoms with van der Waals surface area (Å²) < 4.78 is 36.6. The van der Waals surface area contributed by atoms with Gasteiger partial charge >= 0.3 is 6.18 Å². The summed E-state index contributed by atoms with van der Waals surface area (Å²) in [5.74, 6) is 0.0572. The van der Waals surface area contributed by atoms with Crippen LogP contribution in [-0.4, -0.2) is 30.3 Å². The molecule has 0 aromatic heterocycles. The Kier molecular flexibility index (Phi) is 6.14. The Morgan fingerprint density at radius 3 is 2.40 bits per heavy atom. The van der Waals surface area contributed by atoms with Crippen molar-refractivity contribution < 1.29 is 18.4 Å². The van der Waals surface area contributed by atoms with Crippen LogP contribution in [0.25, 0.3) is 0 Å². The van der Waals surface area contributed by atoms with Crippen molar-refractivity contribution in [1.29, 1.82) is 0 Å². The number of halogens is 3. The summed E-state index contributed by atoms with van der Waals surface area (Å²) in [6, 6.07) is 9.10. The number of hydrogen-bond donors (Lipinski definition) is 2. The minimum absolute atomic E-state index is 0.00850. The zero-order chi connectivity index (χ0) is 15.0. The molecule has 0 aliphatic heterocycles. The van der Waals surface area contributed by atoms with Crippen molar-refractivity contribution in [1.82, 2.24) is 0 Å². The van der Waals surface area contributed by atoms with Crippen LogP contribution in [0, 0.1) is 0 Å². The minimum atomic E-state index is -4.14. The molecule has 0 saturated carbocycles. The number of alkyl halides is 3. The first-order chi connectivity index (χ1) is 9.42. The van der Waals surface area contributed by atoms with Crippen molar-refractivity contribution in [2.45, 2.75) is 25.4 Å². The highest BCUT2D eigenvalue weighted by Crippen LogP contribution is 2.22. The van der Waals surface area contributed by atoms with E-state index in [1.807, 2.05) is 30.3 Å². The van der Waals surface area contributed by atoms with E-state index in [1.54, 1.807) is 4.90 Å². The van der Waals surface area contributed by atoms with E-state index in [2.05, 4.69) is 5.16 Å². The molecule has 1 rings (SSSR count). The van der Waals surface area contributed by atoms with Crippen LogP contribution in [0.4, 0.5) is 18.9 Å². The normalized spacial score (nSPS) is 12.4. The third kappa shape index (κ3) is 6.31. The number of nitrogens with two attached hydrogens (primary N) is 1. The summed E-state index contributed by atoms with van der Waals surface area (Å²) in [5.41, 5.74) is 6.21. The largest absolute Gasteiger partial charge is 0.409 e. The smallest absolute Gasteiger partial charge is 0.389 e. The van der Waals surface area contributed by atoms with Crippen molar-refractivity contribution in [2.75, 3.05) is 18.0 Å². The van der Waals surface area contributed by atoms with Gasteiger partial charge in [-0.05, 0) is 18.6 Å². The zero-order valence-electron chi connectivity index (χ0n) is 11.0. The maximum absolute atomic E-state index is 12.2. The summed E-state index contributed by atoms with van der Waals surface area (Å²) in [7, 11) is 0. The maximum Gasteiger partial charge on any atom is 0.389 e. The monoisotopic (exact) mass is 289 g/mol. The highest BCUT2D eigenvalue weighted by Gasteiger charge is 2.26. The number of benzene rings is 1. The predicted molar refractivity (Wildman–Crippen MR) is 72.0 cm³/mol. The molecule has 0 amide bonds. The molecule has 0 atom stereocenters. The van der Waals surface area contributed by atoms with Crippen molar-refractivity contribution in [3.05, 3.63) is 30.3 Å². The molecule has 0 saturated heterocycles. The fourth-order valence-electron chi connectivity index (χ4n) is 1.78. The van der Waals surface area contributed by atoms with Crippen LogP contribution in [0.1, 0.15) is 19.3 Å². The predicted octanol–water partition coefficient (Wildman–Crippen LogP) is 2.97. The number of hydrogen-bond acceptors (Lipinski definition) is 3. The molecule has 0 spiro atoms. The molecule has 3 N–H and O–H groups in total. The maximum atomic E-state index is 12.2. The lowest BCUT2D eigenvalue weighted by Gasteiger charge is -2.25. The molecule has 1 aromatic rings. The molecule has 0 fully saturated rings. The van der Waals surface area contributed by atoms with Crippen LogP contribution in [-0.2, 0) is 0 Å². The van der Waals surface area contributed by atoms with Crippen LogP contribution >= 0.6 is 0 Å². The lowest BCUT2D eigenvalue weighted by Crippen LogP contribution is -2.29. The Bertz CT molecular complexity index is 421. The molecule has 0 bridgehead atoms. The molecular weight excluding hydrogens is 271 g/mol. The second-order valence-electron chi connectivity index (χ2n) is 4.38. The first kappa shape index (κ1) is 16.1. The van der Waals surface area contributed by atoms with E-state index in [-0.39, 0.29) is 25.2 Å². The van der Waals surface area contributed by atoms with Crippen molar-refractivity contribution >= 4 is 11.5 Å². The third-order valence-corrected chi connectivity index (χ3v) is 2.78. The Labute approximate surface area is 115 Å². The van der Waals surface area contributed by atoms with Gasteiger partial charge in [0.25, 0.3) is 0 Å². The second kappa shape index (κ2) is 7.62. The second-order valence-corrected chi connectivity index (χ2v) is 4.38. The van der Waals surface area contributed by atoms with Crippen LogP contribution in [0.2, 0.25) is 0 Å². The average molecular weight is 289 g/mol. The van der Waals surface area contributed by atoms with E-state index in [0.717, 1.165) is 5.69 Å². The molecule has 0 aliphatic carbocycles. The van der Waals surface area contributed by atoms with Crippen LogP contribution in [0.3, 0.4) is 0 Å². The van der Waals surface area contributed by atoms with Gasteiger partial charge < -0.3 is 15.8 Å². The Hall–Kier alpha value is -1.92. The van der Waals surface area contributed by atoms with Gasteiger partial charge in [-0.1, -0.05) is 23.4 Å². The van der Waals surface area contributed by atoms with Gasteiger partial charge in [0.05, 0.1) is 0 Å². The summed E-state index contributed by atoms with van der Waals surface area (Å²) in [6.45, 7) is 0.667. The first-order valence-electron chi connectivity index (χ1n) is 6.25. The van der Waals surface area contributed by atoms with E-state index >= 15 is 0 Å². The van der Waals surface area contributed by atoms with Crippen molar-refractivity contribution in [3.63, 3.8) is 0 Å². The van der Waals surface area contributed by atoms with Gasteiger partial charge in [-0.2, -0.15) is 13.2 Å². The van der Waals surface area contributed by atoms with E-state index < -0.39 is 12.6 Å². The first-order valence-corrected chi connectivity index (χ1v) is 6.25. The Morgan fingerprint density at radius 1 is 1.20 bits per heavy atom. The van der Waals surface area contributed by atoms with Gasteiger partial charge in [-0.15, -0.1) is 0 Å². The highest BCUT2D eigenvalue weighted by atomic mass is 19.4. The van der Waals surface area contributed by atoms with Crippen LogP contribution < -0.4 is 10.6 Å². The van der Waals surface area contributed by atoms with Gasteiger partial charge in [-0.3, -0.25) is 0 Å². The molecule has 20 heavy (non-hydrogen) atoms. The summed E-state index contributed by atoms with van der Waals surface area (Å²) in [6.07, 6.45) is -4.67. The Balaban J connectivity index is 2.60. The molecule has 1 aromatic carbocycles.